The number of pyridine rings is 1. The standard InChI is InChI=1S/C28H29N3O5/c1-28(2)11-10-18-12-16(8-9-23(18)36-28)13-22-25(27(34)31-30-22)19(15-24(32)35-3)20-14-17-6-4-5-7-21(17)29-26(20)33/h4-9,12,14,19H,10-11,13,15H2,1-3H3,(H,29,33)(H2,30,31,34)/t19-/m0/s1. The van der Waals surface area contributed by atoms with Crippen molar-refractivity contribution >= 4 is 16.9 Å². The molecule has 36 heavy (non-hydrogen) atoms. The van der Waals surface area contributed by atoms with Crippen molar-refractivity contribution in [3.8, 4) is 5.75 Å². The molecular formula is C28H29N3O5. The van der Waals surface area contributed by atoms with Gasteiger partial charge in [-0.25, -0.2) is 0 Å². The number of nitrogens with one attached hydrogen (secondary N) is 3. The van der Waals surface area contributed by atoms with Crippen molar-refractivity contribution < 1.29 is 14.3 Å². The number of aryl methyl sites for hydroxylation is 1. The average Bonchev–Trinajstić information content (AvgIpc) is 3.21. The Balaban J connectivity index is 1.56. The van der Waals surface area contributed by atoms with Crippen LogP contribution < -0.4 is 15.9 Å². The number of aromatic amines is 3. The third-order valence-corrected chi connectivity index (χ3v) is 6.89. The highest BCUT2D eigenvalue weighted by atomic mass is 16.5. The van der Waals surface area contributed by atoms with Gasteiger partial charge in [0.25, 0.3) is 11.1 Å². The van der Waals surface area contributed by atoms with Crippen molar-refractivity contribution in [3.05, 3.63) is 97.2 Å². The second-order valence-corrected chi connectivity index (χ2v) is 9.93. The van der Waals surface area contributed by atoms with Gasteiger partial charge in [0, 0.05) is 34.7 Å². The van der Waals surface area contributed by atoms with Crippen molar-refractivity contribution in [3.63, 3.8) is 0 Å². The quantitative estimate of drug-likeness (QED) is 0.356. The zero-order chi connectivity index (χ0) is 25.4. The Bertz CT molecular complexity index is 1560. The average molecular weight is 488 g/mol. The molecule has 4 aromatic rings. The number of esters is 1. The minimum absolute atomic E-state index is 0.140. The first-order valence-corrected chi connectivity index (χ1v) is 12.0. The number of fused-ring (bicyclic) bond motifs is 2. The van der Waals surface area contributed by atoms with Gasteiger partial charge >= 0.3 is 5.97 Å². The van der Waals surface area contributed by atoms with E-state index in [9.17, 15) is 14.4 Å². The summed E-state index contributed by atoms with van der Waals surface area (Å²) in [6.45, 7) is 4.16. The molecule has 0 saturated heterocycles. The molecule has 2 aromatic carbocycles. The van der Waals surface area contributed by atoms with Crippen LogP contribution >= 0.6 is 0 Å². The number of benzene rings is 2. The van der Waals surface area contributed by atoms with Gasteiger partial charge in [0.2, 0.25) is 0 Å². The normalized spacial score (nSPS) is 15.2. The van der Waals surface area contributed by atoms with Crippen molar-refractivity contribution in [1.29, 1.82) is 0 Å². The summed E-state index contributed by atoms with van der Waals surface area (Å²) in [5.41, 5.74) is 3.23. The van der Waals surface area contributed by atoms with E-state index in [4.69, 9.17) is 9.47 Å². The maximum absolute atomic E-state index is 13.1. The zero-order valence-electron chi connectivity index (χ0n) is 20.6. The third-order valence-electron chi connectivity index (χ3n) is 6.89. The highest BCUT2D eigenvalue weighted by Crippen LogP contribution is 2.34. The fourth-order valence-corrected chi connectivity index (χ4v) is 4.98. The highest BCUT2D eigenvalue weighted by Gasteiger charge is 2.29. The largest absolute Gasteiger partial charge is 0.488 e. The molecule has 0 bridgehead atoms. The Morgan fingerprint density at radius 1 is 1.08 bits per heavy atom. The van der Waals surface area contributed by atoms with Gasteiger partial charge in [0.1, 0.15) is 11.4 Å². The molecule has 2 aromatic heterocycles. The highest BCUT2D eigenvalue weighted by molar-refractivity contribution is 5.79. The lowest BCUT2D eigenvalue weighted by atomic mass is 9.87. The van der Waals surface area contributed by atoms with Gasteiger partial charge < -0.3 is 19.6 Å². The van der Waals surface area contributed by atoms with E-state index in [-0.39, 0.29) is 23.1 Å². The van der Waals surface area contributed by atoms with Gasteiger partial charge in [-0.2, -0.15) is 0 Å². The van der Waals surface area contributed by atoms with Crippen LogP contribution in [0.4, 0.5) is 0 Å². The molecule has 0 saturated carbocycles. The zero-order valence-corrected chi connectivity index (χ0v) is 20.6. The number of methoxy groups -OCH3 is 1. The lowest BCUT2D eigenvalue weighted by Gasteiger charge is -2.32. The predicted molar refractivity (Wildman–Crippen MR) is 137 cm³/mol. The molecule has 3 heterocycles. The lowest BCUT2D eigenvalue weighted by molar-refractivity contribution is -0.140. The van der Waals surface area contributed by atoms with Crippen LogP contribution in [0, 0.1) is 0 Å². The summed E-state index contributed by atoms with van der Waals surface area (Å²) in [4.78, 5) is 41.4. The molecule has 1 aliphatic heterocycles. The summed E-state index contributed by atoms with van der Waals surface area (Å²) < 4.78 is 11.0. The number of aromatic nitrogens is 3. The van der Waals surface area contributed by atoms with Crippen LogP contribution in [-0.2, 0) is 22.4 Å². The summed E-state index contributed by atoms with van der Waals surface area (Å²) in [5.74, 6) is -0.408. The maximum atomic E-state index is 13.1. The number of carbonyl (C=O) groups is 1. The Labute approximate surface area is 207 Å². The molecule has 0 fully saturated rings. The summed E-state index contributed by atoms with van der Waals surface area (Å²) in [6.07, 6.45) is 2.11. The van der Waals surface area contributed by atoms with Gasteiger partial charge in [-0.05, 0) is 61.4 Å². The molecule has 8 nitrogen and oxygen atoms in total. The van der Waals surface area contributed by atoms with Crippen LogP contribution in [0.1, 0.15) is 60.6 Å². The Kier molecular flexibility index (Phi) is 6.04. The van der Waals surface area contributed by atoms with E-state index in [0.717, 1.165) is 35.1 Å². The van der Waals surface area contributed by atoms with Crippen LogP contribution in [0.15, 0.2) is 58.1 Å². The topological polar surface area (TPSA) is 117 Å². The summed E-state index contributed by atoms with van der Waals surface area (Å²) in [6, 6.07) is 15.2. The summed E-state index contributed by atoms with van der Waals surface area (Å²) in [5, 5.41) is 6.45. The van der Waals surface area contributed by atoms with E-state index >= 15 is 0 Å². The van der Waals surface area contributed by atoms with Crippen molar-refractivity contribution in [1.82, 2.24) is 15.2 Å². The molecule has 0 radical (unpaired) electrons. The van der Waals surface area contributed by atoms with Gasteiger partial charge in [0.05, 0.1) is 13.5 Å². The fourth-order valence-electron chi connectivity index (χ4n) is 4.98. The predicted octanol–water partition coefficient (Wildman–Crippen LogP) is 3.93. The van der Waals surface area contributed by atoms with E-state index in [1.165, 1.54) is 7.11 Å². The second-order valence-electron chi connectivity index (χ2n) is 9.93. The molecular weight excluding hydrogens is 458 g/mol. The van der Waals surface area contributed by atoms with Gasteiger partial charge in [-0.3, -0.25) is 19.5 Å². The van der Waals surface area contributed by atoms with Crippen molar-refractivity contribution in [2.24, 2.45) is 0 Å². The Hall–Kier alpha value is -4.07. The number of hydrogen-bond donors (Lipinski definition) is 3. The first kappa shape index (κ1) is 23.7. The Morgan fingerprint density at radius 2 is 1.89 bits per heavy atom. The summed E-state index contributed by atoms with van der Waals surface area (Å²) >= 11 is 0. The van der Waals surface area contributed by atoms with E-state index in [0.29, 0.717) is 28.8 Å². The smallest absolute Gasteiger partial charge is 0.306 e. The van der Waals surface area contributed by atoms with Crippen molar-refractivity contribution in [2.45, 2.75) is 51.0 Å². The molecule has 5 rings (SSSR count). The van der Waals surface area contributed by atoms with Gasteiger partial charge in [-0.15, -0.1) is 0 Å². The maximum Gasteiger partial charge on any atom is 0.306 e. The molecule has 0 unspecified atom stereocenters. The van der Waals surface area contributed by atoms with Crippen LogP contribution in [0.25, 0.3) is 10.9 Å². The Morgan fingerprint density at radius 3 is 2.69 bits per heavy atom. The number of ether oxygens (including phenoxy) is 2. The first-order chi connectivity index (χ1) is 17.2. The minimum atomic E-state index is -0.780. The lowest BCUT2D eigenvalue weighted by Crippen LogP contribution is -2.32. The fraction of sp³-hybridized carbons (Fsp3) is 0.321. The SMILES string of the molecule is COC(=O)C[C@@H](c1cc2ccccc2[nH]c1=O)c1c(Cc2ccc3c(c2)CCC(C)(C)O3)[nH][nH]c1=O. The molecule has 1 aliphatic rings. The number of H-pyrrole nitrogens is 3. The second kappa shape index (κ2) is 9.18. The van der Waals surface area contributed by atoms with Crippen molar-refractivity contribution in [2.75, 3.05) is 7.11 Å². The van der Waals surface area contributed by atoms with Gasteiger partial charge in [0.15, 0.2) is 0 Å². The minimum Gasteiger partial charge on any atom is -0.488 e. The third kappa shape index (κ3) is 4.58. The summed E-state index contributed by atoms with van der Waals surface area (Å²) in [7, 11) is 1.29. The first-order valence-electron chi connectivity index (χ1n) is 12.0. The molecule has 3 N–H and O–H groups in total. The van der Waals surface area contributed by atoms with E-state index in [1.54, 1.807) is 6.07 Å². The van der Waals surface area contributed by atoms with E-state index in [2.05, 4.69) is 35.1 Å². The van der Waals surface area contributed by atoms with Crippen LogP contribution in [-0.4, -0.2) is 33.9 Å². The van der Waals surface area contributed by atoms with E-state index < -0.39 is 11.9 Å². The molecule has 0 aliphatic carbocycles. The number of hydrogen-bond acceptors (Lipinski definition) is 5. The van der Waals surface area contributed by atoms with E-state index in [1.807, 2.05) is 36.4 Å². The van der Waals surface area contributed by atoms with Gasteiger partial charge in [-0.1, -0.05) is 30.3 Å². The molecule has 8 heteroatoms. The monoisotopic (exact) mass is 487 g/mol. The molecule has 0 amide bonds. The number of para-hydroxylation sites is 1. The molecule has 186 valence electrons. The van der Waals surface area contributed by atoms with Crippen LogP contribution in [0.2, 0.25) is 0 Å². The molecule has 0 spiro atoms. The van der Waals surface area contributed by atoms with Crippen LogP contribution in [0.5, 0.6) is 5.75 Å². The molecule has 1 atom stereocenters. The number of rotatable bonds is 6. The van der Waals surface area contributed by atoms with Crippen LogP contribution in [0.3, 0.4) is 0 Å². The number of carbonyl (C=O) groups excluding carboxylic acids is 1.